The molecule has 1 atom stereocenters. The van der Waals surface area contributed by atoms with E-state index in [9.17, 15) is 4.79 Å². The molecule has 0 unspecified atom stereocenters. The molecule has 1 heterocycles. The Bertz CT molecular complexity index is 687. The fourth-order valence-corrected chi connectivity index (χ4v) is 2.31. The maximum absolute atomic E-state index is 12.5. The highest BCUT2D eigenvalue weighted by Crippen LogP contribution is 2.28. The number of methoxy groups -OCH3 is 1. The van der Waals surface area contributed by atoms with Crippen LogP contribution in [0, 0.1) is 0 Å². The third-order valence-electron chi connectivity index (χ3n) is 3.60. The van der Waals surface area contributed by atoms with Crippen molar-refractivity contribution in [3.63, 3.8) is 0 Å². The molecule has 0 saturated heterocycles. The van der Waals surface area contributed by atoms with Gasteiger partial charge in [-0.2, -0.15) is 4.57 Å². The number of anilines is 2. The molecule has 1 N–H and O–H groups in total. The molecule has 23 heavy (non-hydrogen) atoms. The van der Waals surface area contributed by atoms with Crippen LogP contribution in [0.5, 0.6) is 5.75 Å². The fraction of sp³-hybridized carbons (Fsp3) is 0.294. The zero-order valence-electron chi connectivity index (χ0n) is 13.7. The van der Waals surface area contributed by atoms with Gasteiger partial charge in [-0.1, -0.05) is 11.6 Å². The monoisotopic (exact) mass is 334 g/mol. The standard InChI is InChI=1S/C17H20ClN3O2/c1-12(21-9-7-14(8-10-21)20(2)3)17(22)19-15-11-13(18)5-6-16(15)23-4/h5-12H,1-4H3/p+1/t12-/m1/s1. The fourth-order valence-electron chi connectivity index (χ4n) is 2.14. The van der Waals surface area contributed by atoms with Crippen molar-refractivity contribution < 1.29 is 14.1 Å². The van der Waals surface area contributed by atoms with Crippen molar-refractivity contribution in [1.82, 2.24) is 0 Å². The summed E-state index contributed by atoms with van der Waals surface area (Å²) in [4.78, 5) is 14.5. The van der Waals surface area contributed by atoms with Crippen LogP contribution in [0.4, 0.5) is 11.4 Å². The summed E-state index contributed by atoms with van der Waals surface area (Å²) in [5, 5.41) is 3.40. The van der Waals surface area contributed by atoms with E-state index >= 15 is 0 Å². The Hall–Kier alpha value is -2.27. The van der Waals surface area contributed by atoms with Gasteiger partial charge in [-0.25, -0.2) is 0 Å². The third-order valence-corrected chi connectivity index (χ3v) is 3.83. The zero-order chi connectivity index (χ0) is 17.0. The Labute approximate surface area is 141 Å². The first-order chi connectivity index (χ1) is 10.9. The molecular weight excluding hydrogens is 314 g/mol. The minimum atomic E-state index is -0.366. The predicted molar refractivity (Wildman–Crippen MR) is 92.3 cm³/mol. The number of carbonyl (C=O) groups is 1. The summed E-state index contributed by atoms with van der Waals surface area (Å²) < 4.78 is 7.09. The van der Waals surface area contributed by atoms with Gasteiger partial charge in [0.05, 0.1) is 12.8 Å². The average molecular weight is 335 g/mol. The molecule has 122 valence electrons. The van der Waals surface area contributed by atoms with Crippen LogP contribution < -0.4 is 19.5 Å². The van der Waals surface area contributed by atoms with Gasteiger partial charge in [0.25, 0.3) is 5.91 Å². The largest absolute Gasteiger partial charge is 0.495 e. The van der Waals surface area contributed by atoms with Crippen LogP contribution in [0.15, 0.2) is 42.7 Å². The van der Waals surface area contributed by atoms with E-state index in [2.05, 4.69) is 5.32 Å². The highest BCUT2D eigenvalue weighted by Gasteiger charge is 2.23. The lowest BCUT2D eigenvalue weighted by atomic mass is 10.2. The molecule has 0 bridgehead atoms. The van der Waals surface area contributed by atoms with E-state index in [1.807, 2.05) is 55.0 Å². The van der Waals surface area contributed by atoms with Gasteiger partial charge in [-0.3, -0.25) is 4.79 Å². The number of aromatic nitrogens is 1. The number of rotatable bonds is 5. The summed E-state index contributed by atoms with van der Waals surface area (Å²) in [7, 11) is 5.50. The molecule has 0 spiro atoms. The Morgan fingerprint density at radius 3 is 2.48 bits per heavy atom. The van der Waals surface area contributed by atoms with Crippen LogP contribution in [0.2, 0.25) is 5.02 Å². The van der Waals surface area contributed by atoms with Gasteiger partial charge in [-0.15, -0.1) is 0 Å². The molecule has 0 aliphatic carbocycles. The molecule has 0 saturated carbocycles. The molecule has 2 rings (SSSR count). The van der Waals surface area contributed by atoms with Gasteiger partial charge >= 0.3 is 0 Å². The van der Waals surface area contributed by atoms with E-state index < -0.39 is 0 Å². The van der Waals surface area contributed by atoms with Crippen LogP contribution in [0.1, 0.15) is 13.0 Å². The van der Waals surface area contributed by atoms with Crippen molar-refractivity contribution in [2.75, 3.05) is 31.4 Å². The van der Waals surface area contributed by atoms with Crippen molar-refractivity contribution >= 4 is 28.9 Å². The minimum absolute atomic E-state index is 0.145. The summed E-state index contributed by atoms with van der Waals surface area (Å²) in [5.74, 6) is 0.427. The lowest BCUT2D eigenvalue weighted by molar-refractivity contribution is -0.705. The Morgan fingerprint density at radius 1 is 1.26 bits per heavy atom. The molecule has 0 radical (unpaired) electrons. The maximum Gasteiger partial charge on any atom is 0.293 e. The van der Waals surface area contributed by atoms with Crippen LogP contribution in [0.3, 0.4) is 0 Å². The lowest BCUT2D eigenvalue weighted by Gasteiger charge is -2.14. The average Bonchev–Trinajstić information content (AvgIpc) is 2.54. The summed E-state index contributed by atoms with van der Waals surface area (Å²) in [5.41, 5.74) is 1.63. The van der Waals surface area contributed by atoms with Crippen LogP contribution in [0.25, 0.3) is 0 Å². The van der Waals surface area contributed by atoms with Crippen molar-refractivity contribution in [2.45, 2.75) is 13.0 Å². The number of carbonyl (C=O) groups excluding carboxylic acids is 1. The Balaban J connectivity index is 2.15. The second kappa shape index (κ2) is 7.33. The number of ether oxygens (including phenoxy) is 1. The first kappa shape index (κ1) is 17.1. The van der Waals surface area contributed by atoms with E-state index in [1.54, 1.807) is 25.3 Å². The molecule has 1 aromatic heterocycles. The number of nitrogens with one attached hydrogen (secondary N) is 1. The second-order valence-electron chi connectivity index (χ2n) is 5.41. The Morgan fingerprint density at radius 2 is 1.91 bits per heavy atom. The van der Waals surface area contributed by atoms with Gasteiger partial charge in [0.2, 0.25) is 6.04 Å². The quantitative estimate of drug-likeness (QED) is 0.855. The molecule has 6 heteroatoms. The van der Waals surface area contributed by atoms with Crippen molar-refractivity contribution in [3.8, 4) is 5.75 Å². The molecule has 0 aliphatic heterocycles. The number of hydrogen-bond donors (Lipinski definition) is 1. The summed E-state index contributed by atoms with van der Waals surface area (Å²) in [6, 6.07) is 8.67. The number of amides is 1. The summed E-state index contributed by atoms with van der Waals surface area (Å²) in [6.45, 7) is 1.84. The number of benzene rings is 1. The molecule has 0 aliphatic rings. The van der Waals surface area contributed by atoms with E-state index in [-0.39, 0.29) is 11.9 Å². The number of pyridine rings is 1. The highest BCUT2D eigenvalue weighted by molar-refractivity contribution is 6.31. The summed E-state index contributed by atoms with van der Waals surface area (Å²) in [6.07, 6.45) is 3.77. The predicted octanol–water partition coefficient (Wildman–Crippen LogP) is 2.90. The van der Waals surface area contributed by atoms with E-state index in [1.165, 1.54) is 0 Å². The van der Waals surface area contributed by atoms with Crippen molar-refractivity contribution in [1.29, 1.82) is 0 Å². The van der Waals surface area contributed by atoms with E-state index in [0.29, 0.717) is 16.5 Å². The molecule has 1 aromatic carbocycles. The Kier molecular flexibility index (Phi) is 5.45. The number of halogens is 1. The van der Waals surface area contributed by atoms with Crippen molar-refractivity contribution in [2.24, 2.45) is 0 Å². The topological polar surface area (TPSA) is 45.5 Å². The van der Waals surface area contributed by atoms with Crippen LogP contribution in [-0.2, 0) is 4.79 Å². The molecule has 1 amide bonds. The lowest BCUT2D eigenvalue weighted by Crippen LogP contribution is -2.44. The van der Waals surface area contributed by atoms with Crippen LogP contribution >= 0.6 is 11.6 Å². The normalized spacial score (nSPS) is 11.7. The second-order valence-corrected chi connectivity index (χ2v) is 5.84. The highest BCUT2D eigenvalue weighted by atomic mass is 35.5. The SMILES string of the molecule is COc1ccc(Cl)cc1NC(=O)[C@@H](C)[n+]1ccc(N(C)C)cc1. The van der Waals surface area contributed by atoms with Gasteiger partial charge in [-0.05, 0) is 18.2 Å². The van der Waals surface area contributed by atoms with Crippen LogP contribution in [-0.4, -0.2) is 27.1 Å². The van der Waals surface area contributed by atoms with Gasteiger partial charge in [0.15, 0.2) is 12.4 Å². The molecule has 2 aromatic rings. The van der Waals surface area contributed by atoms with Gasteiger partial charge < -0.3 is 15.0 Å². The first-order valence-electron chi connectivity index (χ1n) is 7.25. The maximum atomic E-state index is 12.5. The zero-order valence-corrected chi connectivity index (χ0v) is 14.5. The van der Waals surface area contributed by atoms with E-state index in [4.69, 9.17) is 16.3 Å². The molecular formula is C17H21ClN3O2+. The number of nitrogens with zero attached hydrogens (tertiary/aromatic N) is 2. The summed E-state index contributed by atoms with van der Waals surface area (Å²) >= 11 is 5.98. The third kappa shape index (κ3) is 4.13. The molecule has 5 nitrogen and oxygen atoms in total. The smallest absolute Gasteiger partial charge is 0.293 e. The molecule has 0 fully saturated rings. The number of hydrogen-bond acceptors (Lipinski definition) is 3. The minimum Gasteiger partial charge on any atom is -0.495 e. The van der Waals surface area contributed by atoms with E-state index in [0.717, 1.165) is 5.69 Å². The first-order valence-corrected chi connectivity index (χ1v) is 7.62. The van der Waals surface area contributed by atoms with Gasteiger partial charge in [0.1, 0.15) is 5.75 Å². The van der Waals surface area contributed by atoms with Gasteiger partial charge in [0, 0.05) is 43.9 Å². The van der Waals surface area contributed by atoms with Crippen molar-refractivity contribution in [3.05, 3.63) is 47.7 Å².